The van der Waals surface area contributed by atoms with Crippen LogP contribution in [-0.4, -0.2) is 63.0 Å². The lowest BCUT2D eigenvalue weighted by Gasteiger charge is -2.34. The number of nitrogens with one attached hydrogen (secondary N) is 1. The third kappa shape index (κ3) is 3.23. The Morgan fingerprint density at radius 2 is 1.69 bits per heavy atom. The van der Waals surface area contributed by atoms with Gasteiger partial charge in [0.15, 0.2) is 0 Å². The van der Waals surface area contributed by atoms with E-state index in [1.807, 2.05) is 29.0 Å². The van der Waals surface area contributed by atoms with Crippen LogP contribution in [0.25, 0.3) is 11.3 Å². The summed E-state index contributed by atoms with van der Waals surface area (Å²) in [6.45, 7) is 2.09. The van der Waals surface area contributed by atoms with Crippen LogP contribution in [0.4, 0.5) is 0 Å². The molecule has 0 spiro atoms. The molecule has 0 bridgehead atoms. The Hall–Kier alpha value is -3.00. The first-order valence-corrected chi connectivity index (χ1v) is 9.23. The van der Waals surface area contributed by atoms with Gasteiger partial charge in [-0.25, -0.2) is 0 Å². The summed E-state index contributed by atoms with van der Waals surface area (Å²) in [6, 6.07) is 7.27. The SMILES string of the molecule is O=C(c1ccsc1)N1CCN(C(=O)c2cc(-c3ccncc3)n[nH]2)CC1. The molecule has 2 amide bonds. The third-order valence-electron chi connectivity index (χ3n) is 4.41. The molecule has 4 heterocycles. The van der Waals surface area contributed by atoms with Gasteiger partial charge in [0, 0.05) is 49.5 Å². The minimum atomic E-state index is -0.0968. The second-order valence-electron chi connectivity index (χ2n) is 6.00. The first-order chi connectivity index (χ1) is 12.7. The Kier molecular flexibility index (Phi) is 4.49. The number of carbonyl (C=O) groups excluding carboxylic acids is 2. The minimum absolute atomic E-state index is 0.0277. The van der Waals surface area contributed by atoms with Gasteiger partial charge in [-0.05, 0) is 29.6 Å². The molecular formula is C18H17N5O2S. The van der Waals surface area contributed by atoms with Crippen LogP contribution in [-0.2, 0) is 0 Å². The monoisotopic (exact) mass is 367 g/mol. The number of aromatic nitrogens is 3. The lowest BCUT2D eigenvalue weighted by atomic mass is 10.2. The number of hydrogen-bond donors (Lipinski definition) is 1. The number of thiophene rings is 1. The fraction of sp³-hybridized carbons (Fsp3) is 0.222. The maximum atomic E-state index is 12.7. The van der Waals surface area contributed by atoms with Crippen molar-refractivity contribution in [2.45, 2.75) is 0 Å². The molecule has 132 valence electrons. The van der Waals surface area contributed by atoms with E-state index in [0.29, 0.717) is 43.1 Å². The van der Waals surface area contributed by atoms with Crippen molar-refractivity contribution in [3.05, 3.63) is 58.7 Å². The molecule has 4 rings (SSSR count). The summed E-state index contributed by atoms with van der Waals surface area (Å²) in [5, 5.41) is 10.8. The molecular weight excluding hydrogens is 350 g/mol. The molecule has 1 aliphatic heterocycles. The molecule has 8 heteroatoms. The fourth-order valence-corrected chi connectivity index (χ4v) is 3.58. The first kappa shape index (κ1) is 16.5. The highest BCUT2D eigenvalue weighted by Gasteiger charge is 2.26. The minimum Gasteiger partial charge on any atom is -0.335 e. The molecule has 26 heavy (non-hydrogen) atoms. The molecule has 0 radical (unpaired) electrons. The molecule has 0 saturated carbocycles. The predicted molar refractivity (Wildman–Crippen MR) is 97.9 cm³/mol. The van der Waals surface area contributed by atoms with Crippen LogP contribution >= 0.6 is 11.3 Å². The lowest BCUT2D eigenvalue weighted by molar-refractivity contribution is 0.0532. The van der Waals surface area contributed by atoms with E-state index in [9.17, 15) is 9.59 Å². The summed E-state index contributed by atoms with van der Waals surface area (Å²) < 4.78 is 0. The number of nitrogens with zero attached hydrogens (tertiary/aromatic N) is 4. The third-order valence-corrected chi connectivity index (χ3v) is 5.09. The maximum absolute atomic E-state index is 12.7. The average Bonchev–Trinajstić information content (AvgIpc) is 3.40. The van der Waals surface area contributed by atoms with Crippen molar-refractivity contribution in [3.63, 3.8) is 0 Å². The van der Waals surface area contributed by atoms with E-state index in [-0.39, 0.29) is 11.8 Å². The summed E-state index contributed by atoms with van der Waals surface area (Å²) >= 11 is 1.51. The number of pyridine rings is 1. The number of piperazine rings is 1. The molecule has 0 aromatic carbocycles. The van der Waals surface area contributed by atoms with Gasteiger partial charge < -0.3 is 9.80 Å². The predicted octanol–water partition coefficient (Wildman–Crippen LogP) is 2.13. The van der Waals surface area contributed by atoms with Crippen molar-refractivity contribution in [1.29, 1.82) is 0 Å². The Balaban J connectivity index is 1.40. The molecule has 1 fully saturated rings. The quantitative estimate of drug-likeness (QED) is 0.769. The van der Waals surface area contributed by atoms with Gasteiger partial charge in [0.1, 0.15) is 5.69 Å². The Morgan fingerprint density at radius 3 is 2.35 bits per heavy atom. The molecule has 0 unspecified atom stereocenters. The van der Waals surface area contributed by atoms with E-state index < -0.39 is 0 Å². The number of H-pyrrole nitrogens is 1. The zero-order valence-corrected chi connectivity index (χ0v) is 14.8. The second kappa shape index (κ2) is 7.09. The van der Waals surface area contributed by atoms with Gasteiger partial charge in [-0.2, -0.15) is 16.4 Å². The van der Waals surface area contributed by atoms with Crippen molar-refractivity contribution >= 4 is 23.2 Å². The van der Waals surface area contributed by atoms with Crippen LogP contribution in [0.15, 0.2) is 47.4 Å². The van der Waals surface area contributed by atoms with Gasteiger partial charge in [-0.3, -0.25) is 19.7 Å². The van der Waals surface area contributed by atoms with Crippen LogP contribution in [0.3, 0.4) is 0 Å². The van der Waals surface area contributed by atoms with Gasteiger partial charge in [0.2, 0.25) is 0 Å². The van der Waals surface area contributed by atoms with E-state index in [1.165, 1.54) is 11.3 Å². The zero-order chi connectivity index (χ0) is 17.9. The highest BCUT2D eigenvalue weighted by molar-refractivity contribution is 7.08. The molecule has 1 aliphatic rings. The van der Waals surface area contributed by atoms with Gasteiger partial charge in [0.25, 0.3) is 11.8 Å². The van der Waals surface area contributed by atoms with Crippen LogP contribution in [0.5, 0.6) is 0 Å². The first-order valence-electron chi connectivity index (χ1n) is 8.29. The Morgan fingerprint density at radius 1 is 1.00 bits per heavy atom. The highest BCUT2D eigenvalue weighted by atomic mass is 32.1. The Bertz CT molecular complexity index is 899. The largest absolute Gasteiger partial charge is 0.335 e. The van der Waals surface area contributed by atoms with Gasteiger partial charge in [0.05, 0.1) is 11.3 Å². The maximum Gasteiger partial charge on any atom is 0.272 e. The van der Waals surface area contributed by atoms with Gasteiger partial charge in [-0.15, -0.1) is 0 Å². The lowest BCUT2D eigenvalue weighted by Crippen LogP contribution is -2.50. The highest BCUT2D eigenvalue weighted by Crippen LogP contribution is 2.18. The van der Waals surface area contributed by atoms with E-state index in [4.69, 9.17) is 0 Å². The normalized spacial score (nSPS) is 14.5. The molecule has 0 aliphatic carbocycles. The molecule has 3 aromatic rings. The van der Waals surface area contributed by atoms with Gasteiger partial charge >= 0.3 is 0 Å². The Labute approximate surface area is 154 Å². The van der Waals surface area contributed by atoms with Crippen molar-refractivity contribution in [3.8, 4) is 11.3 Å². The number of carbonyl (C=O) groups is 2. The summed E-state index contributed by atoms with van der Waals surface area (Å²) in [4.78, 5) is 32.6. The average molecular weight is 367 g/mol. The van der Waals surface area contributed by atoms with E-state index >= 15 is 0 Å². The van der Waals surface area contributed by atoms with E-state index in [1.54, 1.807) is 28.3 Å². The standard InChI is InChI=1S/C18H17N5O2S/c24-17(14-3-10-26-12-14)22-6-8-23(9-7-22)18(25)16-11-15(20-21-16)13-1-4-19-5-2-13/h1-5,10-12H,6-9H2,(H,20,21). The topological polar surface area (TPSA) is 82.2 Å². The molecule has 3 aromatic heterocycles. The van der Waals surface area contributed by atoms with Crippen LogP contribution < -0.4 is 0 Å². The zero-order valence-electron chi connectivity index (χ0n) is 14.0. The molecule has 1 N–H and O–H groups in total. The van der Waals surface area contributed by atoms with Crippen LogP contribution in [0.1, 0.15) is 20.8 Å². The number of amides is 2. The smallest absolute Gasteiger partial charge is 0.272 e. The fourth-order valence-electron chi connectivity index (χ4n) is 2.95. The number of aromatic amines is 1. The summed E-state index contributed by atoms with van der Waals surface area (Å²) in [6.07, 6.45) is 3.38. The van der Waals surface area contributed by atoms with Crippen molar-refractivity contribution in [2.24, 2.45) is 0 Å². The summed E-state index contributed by atoms with van der Waals surface area (Å²) in [5.41, 5.74) is 2.78. The van der Waals surface area contributed by atoms with Crippen LogP contribution in [0, 0.1) is 0 Å². The molecule has 0 atom stereocenters. The van der Waals surface area contributed by atoms with E-state index in [2.05, 4.69) is 15.2 Å². The van der Waals surface area contributed by atoms with Crippen molar-refractivity contribution in [1.82, 2.24) is 25.0 Å². The summed E-state index contributed by atoms with van der Waals surface area (Å²) in [7, 11) is 0. The second-order valence-corrected chi connectivity index (χ2v) is 6.78. The number of hydrogen-bond acceptors (Lipinski definition) is 5. The van der Waals surface area contributed by atoms with Gasteiger partial charge in [-0.1, -0.05) is 0 Å². The number of rotatable bonds is 3. The van der Waals surface area contributed by atoms with E-state index in [0.717, 1.165) is 5.56 Å². The van der Waals surface area contributed by atoms with Crippen molar-refractivity contribution in [2.75, 3.05) is 26.2 Å². The summed E-state index contributed by atoms with van der Waals surface area (Å²) in [5.74, 6) is -0.0692. The van der Waals surface area contributed by atoms with Crippen molar-refractivity contribution < 1.29 is 9.59 Å². The van der Waals surface area contributed by atoms with Crippen LogP contribution in [0.2, 0.25) is 0 Å². The molecule has 7 nitrogen and oxygen atoms in total. The molecule has 1 saturated heterocycles.